The number of nitrogens with zero attached hydrogens (tertiary/aromatic N) is 1. The van der Waals surface area contributed by atoms with Crippen LogP contribution in [0.3, 0.4) is 0 Å². The van der Waals surface area contributed by atoms with Gasteiger partial charge in [-0.1, -0.05) is 65.7 Å². The van der Waals surface area contributed by atoms with Crippen LogP contribution in [0, 0.1) is 18.7 Å². The zero-order valence-corrected chi connectivity index (χ0v) is 23.2. The Bertz CT molecular complexity index is 1580. The summed E-state index contributed by atoms with van der Waals surface area (Å²) in [5.41, 5.74) is 7.65. The summed E-state index contributed by atoms with van der Waals surface area (Å²) in [5, 5.41) is 4.21. The third-order valence-electron chi connectivity index (χ3n) is 7.68. The van der Waals surface area contributed by atoms with E-state index in [9.17, 15) is 4.39 Å². The second-order valence-corrected chi connectivity index (χ2v) is 10.8. The van der Waals surface area contributed by atoms with Gasteiger partial charge in [0.2, 0.25) is 0 Å². The first-order valence-corrected chi connectivity index (χ1v) is 13.8. The van der Waals surface area contributed by atoms with Gasteiger partial charge in [0.05, 0.1) is 23.9 Å². The smallest absolute Gasteiger partial charge is 0.180 e. The van der Waals surface area contributed by atoms with Gasteiger partial charge in [0.1, 0.15) is 12.4 Å². The van der Waals surface area contributed by atoms with Crippen LogP contribution in [0.2, 0.25) is 5.02 Å². The molecule has 4 aromatic rings. The minimum atomic E-state index is -0.288. The van der Waals surface area contributed by atoms with Crippen molar-refractivity contribution in [3.63, 3.8) is 0 Å². The van der Waals surface area contributed by atoms with Crippen molar-refractivity contribution in [2.75, 3.05) is 12.4 Å². The topological polar surface area (TPSA) is 42.8 Å². The molecule has 4 nitrogen and oxygen atoms in total. The van der Waals surface area contributed by atoms with Gasteiger partial charge in [-0.15, -0.1) is 0 Å². The fraction of sp³-hybridized carbons (Fsp3) is 0.206. The Hall–Kier alpha value is -4.09. The molecule has 6 rings (SSSR count). The highest BCUT2D eigenvalue weighted by molar-refractivity contribution is 6.32. The van der Waals surface area contributed by atoms with Gasteiger partial charge in [0.15, 0.2) is 11.5 Å². The number of ether oxygens (including phenoxy) is 2. The van der Waals surface area contributed by atoms with Crippen LogP contribution in [0.15, 0.2) is 96.0 Å². The van der Waals surface area contributed by atoms with E-state index in [4.69, 9.17) is 21.1 Å². The highest BCUT2D eigenvalue weighted by atomic mass is 35.5. The minimum Gasteiger partial charge on any atom is -0.493 e. The zero-order valence-electron chi connectivity index (χ0n) is 22.4. The van der Waals surface area contributed by atoms with Crippen molar-refractivity contribution in [1.29, 1.82) is 0 Å². The molecule has 4 aromatic carbocycles. The summed E-state index contributed by atoms with van der Waals surface area (Å²) < 4.78 is 24.6. The van der Waals surface area contributed by atoms with E-state index < -0.39 is 0 Å². The monoisotopic (exact) mass is 552 g/mol. The molecule has 1 heterocycles. The lowest BCUT2D eigenvalue weighted by Gasteiger charge is -2.37. The predicted octanol–water partition coefficient (Wildman–Crippen LogP) is 8.95. The molecule has 0 aromatic heterocycles. The Balaban J connectivity index is 1.16. The van der Waals surface area contributed by atoms with Gasteiger partial charge in [-0.3, -0.25) is 4.99 Å². The molecule has 0 saturated carbocycles. The van der Waals surface area contributed by atoms with E-state index >= 15 is 0 Å². The Morgan fingerprint density at radius 1 is 1.02 bits per heavy atom. The van der Waals surface area contributed by atoms with Crippen LogP contribution >= 0.6 is 11.6 Å². The van der Waals surface area contributed by atoms with Crippen molar-refractivity contribution < 1.29 is 13.9 Å². The number of aliphatic imine (C=N–C) groups is 1. The van der Waals surface area contributed by atoms with Gasteiger partial charge < -0.3 is 14.8 Å². The maximum atomic E-state index is 13.2. The molecule has 1 aliphatic heterocycles. The molecule has 40 heavy (non-hydrogen) atoms. The zero-order chi connectivity index (χ0) is 27.6. The first kappa shape index (κ1) is 26.1. The third-order valence-corrected chi connectivity index (χ3v) is 7.96. The second kappa shape index (κ2) is 11.2. The number of allylic oxidation sites excluding steroid dienone is 2. The van der Waals surface area contributed by atoms with E-state index in [0.29, 0.717) is 28.4 Å². The average molecular weight is 553 g/mol. The summed E-state index contributed by atoms with van der Waals surface area (Å²) >= 11 is 6.54. The average Bonchev–Trinajstić information content (AvgIpc) is 3.47. The number of fused-ring (bicyclic) bond motifs is 3. The maximum absolute atomic E-state index is 13.2. The molecule has 1 aliphatic carbocycles. The van der Waals surface area contributed by atoms with Crippen LogP contribution in [-0.4, -0.2) is 13.3 Å². The SMILES string of the molecule is COc1cc(C=Nc2ccc([C@@H]3Nc4ccc(C)cc4[C@H]4C=CC[C@@H]43)cc2)cc(Cl)c1OCc1ccc(F)cc1. The third kappa shape index (κ3) is 5.34. The van der Waals surface area contributed by atoms with Gasteiger partial charge in [-0.05, 0) is 84.0 Å². The van der Waals surface area contributed by atoms with Gasteiger partial charge in [0.25, 0.3) is 0 Å². The molecule has 6 heteroatoms. The van der Waals surface area contributed by atoms with E-state index in [1.54, 1.807) is 31.5 Å². The standard InChI is InChI=1S/C34H30ClFN2O2/c1-21-6-15-31-29(16-21)27-4-3-5-28(27)33(38-31)24-9-13-26(14-10-24)37-19-23-17-30(35)34(32(18-23)39-2)40-20-22-7-11-25(36)12-8-22/h3-4,6-19,27-28,33,38H,5,20H2,1-2H3/t27-,28-,33-/m0/s1. The summed E-state index contributed by atoms with van der Waals surface area (Å²) in [6, 6.07) is 25.2. The molecule has 0 fully saturated rings. The summed E-state index contributed by atoms with van der Waals surface area (Å²) in [6.45, 7) is 2.40. The molecule has 0 amide bonds. The van der Waals surface area contributed by atoms with Crippen LogP contribution in [0.25, 0.3) is 0 Å². The number of nitrogens with one attached hydrogen (secondary N) is 1. The summed E-state index contributed by atoms with van der Waals surface area (Å²) in [5.74, 6) is 1.60. The molecular weight excluding hydrogens is 523 g/mol. The Morgan fingerprint density at radius 2 is 1.82 bits per heavy atom. The normalized spacial score (nSPS) is 19.2. The molecule has 0 bridgehead atoms. The number of benzene rings is 4. The number of aryl methyl sites for hydroxylation is 1. The summed E-state index contributed by atoms with van der Waals surface area (Å²) in [4.78, 5) is 4.67. The van der Waals surface area contributed by atoms with Crippen LogP contribution in [0.5, 0.6) is 11.5 Å². The van der Waals surface area contributed by atoms with Crippen molar-refractivity contribution in [3.05, 3.63) is 130 Å². The van der Waals surface area contributed by atoms with E-state index in [0.717, 1.165) is 23.2 Å². The molecule has 1 N–H and O–H groups in total. The van der Waals surface area contributed by atoms with E-state index in [-0.39, 0.29) is 18.5 Å². The number of methoxy groups -OCH3 is 1. The Morgan fingerprint density at radius 3 is 2.60 bits per heavy atom. The first-order valence-electron chi connectivity index (χ1n) is 13.4. The number of rotatable bonds is 7. The number of hydrogen-bond donors (Lipinski definition) is 1. The van der Waals surface area contributed by atoms with Crippen LogP contribution in [0.1, 0.15) is 46.2 Å². The molecule has 0 spiro atoms. The summed E-state index contributed by atoms with van der Waals surface area (Å²) in [6.07, 6.45) is 7.52. The van der Waals surface area contributed by atoms with Gasteiger partial charge in [-0.2, -0.15) is 0 Å². The molecule has 0 radical (unpaired) electrons. The predicted molar refractivity (Wildman–Crippen MR) is 160 cm³/mol. The van der Waals surface area contributed by atoms with E-state index in [1.165, 1.54) is 34.5 Å². The summed E-state index contributed by atoms with van der Waals surface area (Å²) in [7, 11) is 1.57. The fourth-order valence-corrected chi connectivity index (χ4v) is 5.92. The number of halogens is 2. The van der Waals surface area contributed by atoms with Gasteiger partial charge in [0, 0.05) is 17.8 Å². The van der Waals surface area contributed by atoms with Crippen LogP contribution in [-0.2, 0) is 6.61 Å². The highest BCUT2D eigenvalue weighted by Crippen LogP contribution is 2.50. The van der Waals surface area contributed by atoms with Crippen LogP contribution < -0.4 is 14.8 Å². The fourth-order valence-electron chi connectivity index (χ4n) is 5.65. The van der Waals surface area contributed by atoms with Gasteiger partial charge in [-0.25, -0.2) is 4.39 Å². The quantitative estimate of drug-likeness (QED) is 0.184. The van der Waals surface area contributed by atoms with E-state index in [1.807, 2.05) is 6.07 Å². The van der Waals surface area contributed by atoms with Crippen molar-refractivity contribution in [2.45, 2.75) is 31.9 Å². The van der Waals surface area contributed by atoms with Crippen molar-refractivity contribution in [3.8, 4) is 11.5 Å². The van der Waals surface area contributed by atoms with E-state index in [2.05, 4.69) is 71.8 Å². The lowest BCUT2D eigenvalue weighted by Crippen LogP contribution is -2.29. The maximum Gasteiger partial charge on any atom is 0.180 e. The van der Waals surface area contributed by atoms with Crippen molar-refractivity contribution >= 4 is 29.2 Å². The molecule has 0 unspecified atom stereocenters. The molecule has 202 valence electrons. The van der Waals surface area contributed by atoms with Gasteiger partial charge >= 0.3 is 0 Å². The van der Waals surface area contributed by atoms with Crippen molar-refractivity contribution in [1.82, 2.24) is 0 Å². The number of anilines is 1. The molecule has 0 saturated heterocycles. The largest absolute Gasteiger partial charge is 0.493 e. The second-order valence-electron chi connectivity index (χ2n) is 10.4. The Labute approximate surface area is 239 Å². The number of hydrogen-bond acceptors (Lipinski definition) is 4. The first-order chi connectivity index (χ1) is 19.5. The Kier molecular flexibility index (Phi) is 7.31. The van der Waals surface area contributed by atoms with Crippen LogP contribution in [0.4, 0.5) is 15.8 Å². The molecule has 3 atom stereocenters. The van der Waals surface area contributed by atoms with Crippen molar-refractivity contribution in [2.24, 2.45) is 10.9 Å². The molecular formula is C34H30ClFN2O2. The minimum absolute atomic E-state index is 0.245. The highest BCUT2D eigenvalue weighted by Gasteiger charge is 2.37. The lowest BCUT2D eigenvalue weighted by molar-refractivity contribution is 0.284. The molecule has 2 aliphatic rings. The lowest BCUT2D eigenvalue weighted by atomic mass is 9.76.